The molecule has 0 saturated heterocycles. The molecule has 0 fully saturated rings. The van der Waals surface area contributed by atoms with Crippen molar-refractivity contribution in [1.29, 1.82) is 0 Å². The number of rotatable bonds is 7. The van der Waals surface area contributed by atoms with Gasteiger partial charge in [0.15, 0.2) is 11.5 Å². The van der Waals surface area contributed by atoms with E-state index >= 15 is 0 Å². The molecule has 2 aromatic carbocycles. The number of ether oxygens (including phenoxy) is 1. The van der Waals surface area contributed by atoms with E-state index in [1.54, 1.807) is 67.6 Å². The maximum atomic E-state index is 13.3. The maximum Gasteiger partial charge on any atom is 0.360 e. The number of benzene rings is 2. The number of aromatic nitrogens is 3. The number of carbonyl (C=O) groups is 2. The van der Waals surface area contributed by atoms with E-state index in [1.807, 2.05) is 13.8 Å². The summed E-state index contributed by atoms with van der Waals surface area (Å²) in [6.45, 7) is 5.92. The van der Waals surface area contributed by atoms with Crippen LogP contribution in [0.15, 0.2) is 70.0 Å². The maximum absolute atomic E-state index is 13.3. The Labute approximate surface area is 195 Å². The van der Waals surface area contributed by atoms with Crippen LogP contribution < -0.4 is 10.9 Å². The third-order valence-electron chi connectivity index (χ3n) is 5.04. The lowest BCUT2D eigenvalue weighted by atomic mass is 10.1. The zero-order valence-corrected chi connectivity index (χ0v) is 19.0. The number of fused-ring (bicyclic) bond motifs is 1. The Kier molecular flexibility index (Phi) is 6.53. The first-order valence-corrected chi connectivity index (χ1v) is 10.8. The minimum Gasteiger partial charge on any atom is -0.442 e. The summed E-state index contributed by atoms with van der Waals surface area (Å²) >= 11 is 0. The van der Waals surface area contributed by atoms with E-state index < -0.39 is 18.0 Å². The molecule has 0 radical (unpaired) electrons. The molecular weight excluding hydrogens is 436 g/mol. The van der Waals surface area contributed by atoms with E-state index in [2.05, 4.69) is 15.6 Å². The van der Waals surface area contributed by atoms with Crippen LogP contribution >= 0.6 is 0 Å². The molecule has 0 bridgehead atoms. The monoisotopic (exact) mass is 460 g/mol. The van der Waals surface area contributed by atoms with Crippen molar-refractivity contribution in [3.8, 4) is 0 Å². The normalized spacial score (nSPS) is 12.0. The van der Waals surface area contributed by atoms with Crippen LogP contribution in [0.1, 0.15) is 41.8 Å². The van der Waals surface area contributed by atoms with Crippen LogP contribution in [0.25, 0.3) is 10.8 Å². The number of aryl methyl sites for hydroxylation is 1. The lowest BCUT2D eigenvalue weighted by molar-refractivity contribution is -0.125. The van der Waals surface area contributed by atoms with Crippen molar-refractivity contribution < 1.29 is 18.8 Å². The Balaban J connectivity index is 1.72. The quantitative estimate of drug-likeness (QED) is 0.416. The van der Waals surface area contributed by atoms with Gasteiger partial charge in [-0.2, -0.15) is 5.10 Å². The SMILES string of the molecule is Cc1cc(NC(=O)C(OC(=O)c2nn(CC(C)C)c(=O)c3ccccc23)c2ccccc2)no1. The first kappa shape index (κ1) is 22.9. The molecule has 0 saturated carbocycles. The van der Waals surface area contributed by atoms with Gasteiger partial charge in [-0.3, -0.25) is 9.59 Å². The molecule has 9 nitrogen and oxygen atoms in total. The Bertz CT molecular complexity index is 1390. The summed E-state index contributed by atoms with van der Waals surface area (Å²) in [7, 11) is 0. The summed E-state index contributed by atoms with van der Waals surface area (Å²) < 4.78 is 11.9. The molecule has 0 spiro atoms. The summed E-state index contributed by atoms with van der Waals surface area (Å²) in [6, 6.07) is 16.9. The molecule has 1 unspecified atom stereocenters. The Hall–Kier alpha value is -4.27. The van der Waals surface area contributed by atoms with E-state index in [-0.39, 0.29) is 23.0 Å². The fourth-order valence-electron chi connectivity index (χ4n) is 3.54. The zero-order valence-electron chi connectivity index (χ0n) is 19.0. The largest absolute Gasteiger partial charge is 0.442 e. The van der Waals surface area contributed by atoms with Crippen molar-refractivity contribution in [2.75, 3.05) is 5.32 Å². The van der Waals surface area contributed by atoms with Gasteiger partial charge >= 0.3 is 5.97 Å². The van der Waals surface area contributed by atoms with Crippen LogP contribution in [0.2, 0.25) is 0 Å². The number of anilines is 1. The number of esters is 1. The predicted octanol–water partition coefficient (Wildman–Crippen LogP) is 3.89. The van der Waals surface area contributed by atoms with Gasteiger partial charge in [-0.1, -0.05) is 67.5 Å². The van der Waals surface area contributed by atoms with Crippen LogP contribution in [0.5, 0.6) is 0 Å². The lowest BCUT2D eigenvalue weighted by Crippen LogP contribution is -2.30. The van der Waals surface area contributed by atoms with E-state index in [0.29, 0.717) is 28.6 Å². The third kappa shape index (κ3) is 4.88. The summed E-state index contributed by atoms with van der Waals surface area (Å²) in [5, 5.41) is 11.4. The van der Waals surface area contributed by atoms with Crippen molar-refractivity contribution in [2.45, 2.75) is 33.4 Å². The highest BCUT2D eigenvalue weighted by Gasteiger charge is 2.28. The average molecular weight is 460 g/mol. The van der Waals surface area contributed by atoms with Gasteiger partial charge in [0.25, 0.3) is 11.5 Å². The Morgan fingerprint density at radius 3 is 2.38 bits per heavy atom. The molecule has 0 aliphatic heterocycles. The molecule has 2 aromatic heterocycles. The number of amides is 1. The van der Waals surface area contributed by atoms with E-state index in [1.165, 1.54) is 4.68 Å². The van der Waals surface area contributed by atoms with Crippen molar-refractivity contribution in [3.63, 3.8) is 0 Å². The second-order valence-electron chi connectivity index (χ2n) is 8.28. The highest BCUT2D eigenvalue weighted by molar-refractivity contribution is 6.03. The minimum absolute atomic E-state index is 0.0399. The summed E-state index contributed by atoms with van der Waals surface area (Å²) in [6.07, 6.45) is -1.28. The first-order valence-electron chi connectivity index (χ1n) is 10.8. The third-order valence-corrected chi connectivity index (χ3v) is 5.04. The van der Waals surface area contributed by atoms with Crippen LogP contribution in [0.4, 0.5) is 5.82 Å². The van der Waals surface area contributed by atoms with Gasteiger partial charge < -0.3 is 14.6 Å². The molecule has 2 heterocycles. The lowest BCUT2D eigenvalue weighted by Gasteiger charge is -2.18. The van der Waals surface area contributed by atoms with Gasteiger partial charge in [0.05, 0.1) is 5.39 Å². The molecular formula is C25H24N4O5. The number of hydrogen-bond acceptors (Lipinski definition) is 7. The van der Waals surface area contributed by atoms with E-state index in [9.17, 15) is 14.4 Å². The van der Waals surface area contributed by atoms with Crippen molar-refractivity contribution in [3.05, 3.63) is 88.0 Å². The molecule has 9 heteroatoms. The Morgan fingerprint density at radius 1 is 1.06 bits per heavy atom. The average Bonchev–Trinajstić information content (AvgIpc) is 3.23. The number of nitrogens with one attached hydrogen (secondary N) is 1. The molecule has 34 heavy (non-hydrogen) atoms. The van der Waals surface area contributed by atoms with Crippen LogP contribution in [-0.4, -0.2) is 26.8 Å². The van der Waals surface area contributed by atoms with E-state index in [4.69, 9.17) is 9.26 Å². The molecule has 0 aliphatic carbocycles. The second-order valence-corrected chi connectivity index (χ2v) is 8.28. The topological polar surface area (TPSA) is 116 Å². The van der Waals surface area contributed by atoms with Crippen LogP contribution in [0.3, 0.4) is 0 Å². The van der Waals surface area contributed by atoms with Crippen LogP contribution in [0, 0.1) is 12.8 Å². The smallest absolute Gasteiger partial charge is 0.360 e. The zero-order chi connectivity index (χ0) is 24.2. The number of carbonyl (C=O) groups excluding carboxylic acids is 2. The van der Waals surface area contributed by atoms with Crippen molar-refractivity contribution in [2.24, 2.45) is 5.92 Å². The fraction of sp³-hybridized carbons (Fsp3) is 0.240. The molecule has 1 N–H and O–H groups in total. The number of nitrogens with zero attached hydrogens (tertiary/aromatic N) is 3. The van der Waals surface area contributed by atoms with Gasteiger partial charge in [-0.15, -0.1) is 0 Å². The summed E-state index contributed by atoms with van der Waals surface area (Å²) in [5.74, 6) is -0.578. The standard InChI is InChI=1S/C25H24N4O5/c1-15(2)14-29-24(31)19-12-8-7-11-18(19)21(27-29)25(32)33-22(17-9-5-4-6-10-17)23(30)26-20-13-16(3)34-28-20/h4-13,15,22H,14H2,1-3H3,(H,26,28,30). The van der Waals surface area contributed by atoms with Gasteiger partial charge in [0.2, 0.25) is 6.10 Å². The van der Waals surface area contributed by atoms with Gasteiger partial charge in [0.1, 0.15) is 5.76 Å². The van der Waals surface area contributed by atoms with Gasteiger partial charge in [-0.25, -0.2) is 9.48 Å². The highest BCUT2D eigenvalue weighted by Crippen LogP contribution is 2.23. The molecule has 1 amide bonds. The van der Waals surface area contributed by atoms with Gasteiger partial charge in [0, 0.05) is 23.6 Å². The predicted molar refractivity (Wildman–Crippen MR) is 125 cm³/mol. The second kappa shape index (κ2) is 9.70. The summed E-state index contributed by atoms with van der Waals surface area (Å²) in [5.41, 5.74) is 0.134. The van der Waals surface area contributed by atoms with Crippen molar-refractivity contribution in [1.82, 2.24) is 14.9 Å². The Morgan fingerprint density at radius 2 is 1.74 bits per heavy atom. The first-order chi connectivity index (χ1) is 16.3. The van der Waals surface area contributed by atoms with Crippen LogP contribution in [-0.2, 0) is 16.1 Å². The molecule has 1 atom stereocenters. The van der Waals surface area contributed by atoms with E-state index in [0.717, 1.165) is 0 Å². The molecule has 0 aliphatic rings. The number of hydrogen-bond donors (Lipinski definition) is 1. The molecule has 4 rings (SSSR count). The molecule has 4 aromatic rings. The van der Waals surface area contributed by atoms with Gasteiger partial charge in [-0.05, 0) is 18.9 Å². The van der Waals surface area contributed by atoms with Crippen molar-refractivity contribution >= 4 is 28.5 Å². The minimum atomic E-state index is -1.28. The highest BCUT2D eigenvalue weighted by atomic mass is 16.5. The fourth-order valence-corrected chi connectivity index (χ4v) is 3.54. The summed E-state index contributed by atoms with van der Waals surface area (Å²) in [4.78, 5) is 39.3. The molecule has 174 valence electrons.